The number of thiophene rings is 1. The Hall–Kier alpha value is -2.85. The van der Waals surface area contributed by atoms with Crippen LogP contribution in [0, 0.1) is 20.8 Å². The molecule has 0 fully saturated rings. The van der Waals surface area contributed by atoms with E-state index in [9.17, 15) is 9.59 Å². The molecule has 0 aliphatic rings. The lowest BCUT2D eigenvalue weighted by Crippen LogP contribution is -2.17. The number of aromatic nitrogens is 3. The van der Waals surface area contributed by atoms with Crippen molar-refractivity contribution in [3.63, 3.8) is 0 Å². The highest BCUT2D eigenvalue weighted by atomic mass is 32.2. The largest absolute Gasteiger partial charge is 0.482 e. The summed E-state index contributed by atoms with van der Waals surface area (Å²) < 4.78 is 13.2. The maximum absolute atomic E-state index is 12.6. The van der Waals surface area contributed by atoms with E-state index in [1.54, 1.807) is 13.0 Å². The lowest BCUT2D eigenvalue weighted by atomic mass is 10.1. The Bertz CT molecular complexity index is 1170. The second kappa shape index (κ2) is 11.5. The summed E-state index contributed by atoms with van der Waals surface area (Å²) >= 11 is 2.64. The zero-order chi connectivity index (χ0) is 24.8. The maximum atomic E-state index is 12.6. The number of carbonyl (C=O) groups is 2. The quantitative estimate of drug-likeness (QED) is 0.296. The van der Waals surface area contributed by atoms with Crippen LogP contribution in [0.5, 0.6) is 5.75 Å². The first-order chi connectivity index (χ1) is 16.2. The Morgan fingerprint density at radius 2 is 1.94 bits per heavy atom. The Morgan fingerprint density at radius 3 is 2.62 bits per heavy atom. The molecule has 0 aliphatic carbocycles. The molecular weight excluding hydrogens is 472 g/mol. The van der Waals surface area contributed by atoms with Crippen molar-refractivity contribution < 1.29 is 19.1 Å². The van der Waals surface area contributed by atoms with Crippen molar-refractivity contribution in [2.45, 2.75) is 59.3 Å². The SMILES string of the molecule is CCOC(=O)c1cc(C)sc1NC(=O)CSc1nnc(C(C)Oc2ccc(C)cc2C)n1CC. The molecule has 0 radical (unpaired) electrons. The number of amides is 1. The van der Waals surface area contributed by atoms with Crippen LogP contribution in [0.1, 0.15) is 59.1 Å². The summed E-state index contributed by atoms with van der Waals surface area (Å²) in [5, 5.41) is 12.6. The summed E-state index contributed by atoms with van der Waals surface area (Å²) in [6.45, 7) is 12.5. The van der Waals surface area contributed by atoms with E-state index < -0.39 is 5.97 Å². The Kier molecular flexibility index (Phi) is 8.73. The lowest BCUT2D eigenvalue weighted by molar-refractivity contribution is -0.113. The van der Waals surface area contributed by atoms with Gasteiger partial charge in [-0.05, 0) is 59.2 Å². The van der Waals surface area contributed by atoms with Crippen LogP contribution in [-0.2, 0) is 16.1 Å². The number of thioether (sulfide) groups is 1. The number of carbonyl (C=O) groups excluding carboxylic acids is 2. The Labute approximate surface area is 208 Å². The number of hydrogen-bond donors (Lipinski definition) is 1. The second-order valence-corrected chi connectivity index (χ2v) is 9.97. The van der Waals surface area contributed by atoms with Gasteiger partial charge in [-0.25, -0.2) is 4.79 Å². The summed E-state index contributed by atoms with van der Waals surface area (Å²) in [5.41, 5.74) is 2.61. The predicted octanol–water partition coefficient (Wildman–Crippen LogP) is 5.33. The van der Waals surface area contributed by atoms with Crippen molar-refractivity contribution >= 4 is 40.0 Å². The third-order valence-electron chi connectivity index (χ3n) is 5.00. The van der Waals surface area contributed by atoms with Gasteiger partial charge in [0.15, 0.2) is 17.1 Å². The van der Waals surface area contributed by atoms with Gasteiger partial charge in [-0.1, -0.05) is 29.5 Å². The van der Waals surface area contributed by atoms with Crippen LogP contribution in [0.15, 0.2) is 29.4 Å². The van der Waals surface area contributed by atoms with Gasteiger partial charge in [0.25, 0.3) is 0 Å². The van der Waals surface area contributed by atoms with E-state index in [0.29, 0.717) is 28.1 Å². The number of anilines is 1. The van der Waals surface area contributed by atoms with Crippen molar-refractivity contribution in [2.75, 3.05) is 17.7 Å². The van der Waals surface area contributed by atoms with Gasteiger partial charge < -0.3 is 19.4 Å². The van der Waals surface area contributed by atoms with Gasteiger partial charge >= 0.3 is 5.97 Å². The molecule has 1 unspecified atom stereocenters. The minimum absolute atomic E-state index is 0.129. The molecule has 1 amide bonds. The Morgan fingerprint density at radius 1 is 1.18 bits per heavy atom. The number of rotatable bonds is 10. The van der Waals surface area contributed by atoms with Crippen molar-refractivity contribution in [3.05, 3.63) is 51.7 Å². The average Bonchev–Trinajstić information content (AvgIpc) is 3.37. The summed E-state index contributed by atoms with van der Waals surface area (Å²) in [6, 6.07) is 7.78. The molecule has 0 spiro atoms. The third-order valence-corrected chi connectivity index (χ3v) is 6.93. The molecular formula is C24H30N4O4S2. The van der Waals surface area contributed by atoms with Gasteiger partial charge in [-0.3, -0.25) is 4.79 Å². The fraction of sp³-hybridized carbons (Fsp3) is 0.417. The van der Waals surface area contributed by atoms with E-state index in [-0.39, 0.29) is 24.4 Å². The number of nitrogens with one attached hydrogen (secondary N) is 1. The fourth-order valence-corrected chi connectivity index (χ4v) is 5.17. The molecule has 10 heteroatoms. The standard InChI is InChI=1S/C24H30N4O4S2/c1-7-28-21(17(6)32-19-10-9-14(3)11-15(19)4)26-27-24(28)33-13-20(29)25-22-18(12-16(5)34-22)23(30)31-8-2/h9-12,17H,7-8,13H2,1-6H3,(H,25,29). The van der Waals surface area contributed by atoms with Crippen LogP contribution in [0.3, 0.4) is 0 Å². The molecule has 0 aliphatic heterocycles. The highest BCUT2D eigenvalue weighted by Crippen LogP contribution is 2.30. The number of ether oxygens (including phenoxy) is 2. The molecule has 1 atom stereocenters. The van der Waals surface area contributed by atoms with Crippen molar-refractivity contribution in [2.24, 2.45) is 0 Å². The van der Waals surface area contributed by atoms with E-state index in [2.05, 4.69) is 21.6 Å². The molecule has 8 nitrogen and oxygen atoms in total. The highest BCUT2D eigenvalue weighted by Gasteiger charge is 2.21. The molecule has 2 aromatic heterocycles. The molecule has 3 rings (SSSR count). The first-order valence-electron chi connectivity index (χ1n) is 11.1. The van der Waals surface area contributed by atoms with Gasteiger partial charge in [0.1, 0.15) is 10.8 Å². The van der Waals surface area contributed by atoms with Crippen molar-refractivity contribution in [1.29, 1.82) is 0 Å². The Balaban J connectivity index is 1.66. The fourth-order valence-electron chi connectivity index (χ4n) is 3.44. The normalized spacial score (nSPS) is 11.8. The van der Waals surface area contributed by atoms with Crippen molar-refractivity contribution in [1.82, 2.24) is 14.8 Å². The van der Waals surface area contributed by atoms with Crippen LogP contribution in [0.4, 0.5) is 5.00 Å². The van der Waals surface area contributed by atoms with Gasteiger partial charge in [-0.2, -0.15) is 0 Å². The monoisotopic (exact) mass is 502 g/mol. The first-order valence-corrected chi connectivity index (χ1v) is 12.9. The lowest BCUT2D eigenvalue weighted by Gasteiger charge is -2.17. The molecule has 2 heterocycles. The molecule has 0 saturated carbocycles. The van der Waals surface area contributed by atoms with Crippen LogP contribution in [0.25, 0.3) is 0 Å². The minimum Gasteiger partial charge on any atom is -0.482 e. The zero-order valence-corrected chi connectivity index (χ0v) is 21.9. The van der Waals surface area contributed by atoms with E-state index in [1.807, 2.05) is 51.3 Å². The molecule has 0 bridgehead atoms. The topological polar surface area (TPSA) is 95.3 Å². The summed E-state index contributed by atoms with van der Waals surface area (Å²) in [7, 11) is 0. The van der Waals surface area contributed by atoms with Crippen LogP contribution in [-0.4, -0.2) is 39.0 Å². The number of benzene rings is 1. The van der Waals surface area contributed by atoms with Gasteiger partial charge in [-0.15, -0.1) is 21.5 Å². The van der Waals surface area contributed by atoms with Gasteiger partial charge in [0, 0.05) is 11.4 Å². The number of aryl methyl sites for hydroxylation is 3. The van der Waals surface area contributed by atoms with Crippen LogP contribution in [0.2, 0.25) is 0 Å². The van der Waals surface area contributed by atoms with Gasteiger partial charge in [0.05, 0.1) is 17.9 Å². The smallest absolute Gasteiger partial charge is 0.341 e. The minimum atomic E-state index is -0.442. The molecule has 34 heavy (non-hydrogen) atoms. The summed E-state index contributed by atoms with van der Waals surface area (Å²) in [5.74, 6) is 0.959. The molecule has 1 aromatic carbocycles. The number of nitrogens with zero attached hydrogens (tertiary/aromatic N) is 3. The van der Waals surface area contributed by atoms with E-state index in [0.717, 1.165) is 16.2 Å². The van der Waals surface area contributed by atoms with Crippen LogP contribution < -0.4 is 10.1 Å². The van der Waals surface area contributed by atoms with Gasteiger partial charge in [0.2, 0.25) is 5.91 Å². The second-order valence-electron chi connectivity index (χ2n) is 7.77. The van der Waals surface area contributed by atoms with Crippen LogP contribution >= 0.6 is 23.1 Å². The zero-order valence-electron chi connectivity index (χ0n) is 20.3. The van der Waals surface area contributed by atoms with E-state index in [1.165, 1.54) is 28.7 Å². The predicted molar refractivity (Wildman–Crippen MR) is 135 cm³/mol. The van der Waals surface area contributed by atoms with E-state index >= 15 is 0 Å². The molecule has 1 N–H and O–H groups in total. The third kappa shape index (κ3) is 6.18. The molecule has 3 aromatic rings. The number of hydrogen-bond acceptors (Lipinski definition) is 8. The average molecular weight is 503 g/mol. The first kappa shape index (κ1) is 25.8. The summed E-state index contributed by atoms with van der Waals surface area (Å²) in [6.07, 6.45) is -0.307. The maximum Gasteiger partial charge on any atom is 0.341 e. The highest BCUT2D eigenvalue weighted by molar-refractivity contribution is 7.99. The number of esters is 1. The molecule has 0 saturated heterocycles. The summed E-state index contributed by atoms with van der Waals surface area (Å²) in [4.78, 5) is 25.7. The van der Waals surface area contributed by atoms with E-state index in [4.69, 9.17) is 9.47 Å². The molecule has 182 valence electrons. The van der Waals surface area contributed by atoms with Crippen molar-refractivity contribution in [3.8, 4) is 5.75 Å².